The van der Waals surface area contributed by atoms with Gasteiger partial charge in [-0.15, -0.1) is 0 Å². The number of nitrogens with one attached hydrogen (secondary N) is 2. The van der Waals surface area contributed by atoms with E-state index in [-0.39, 0.29) is 11.7 Å². The Labute approximate surface area is 147 Å². The van der Waals surface area contributed by atoms with Crippen LogP contribution >= 0.6 is 11.6 Å². The number of Topliss-reactive ketones (excluding diaryl/α,β-unsaturated/α-hetero) is 1. The molecule has 0 aliphatic carbocycles. The van der Waals surface area contributed by atoms with E-state index >= 15 is 0 Å². The van der Waals surface area contributed by atoms with Crippen LogP contribution in [0.2, 0.25) is 5.02 Å². The molecule has 126 valence electrons. The van der Waals surface area contributed by atoms with E-state index in [1.165, 1.54) is 6.92 Å². The van der Waals surface area contributed by atoms with Crippen LogP contribution in [0.25, 0.3) is 0 Å². The molecule has 0 aromatic heterocycles. The topological polar surface area (TPSA) is 58.2 Å². The number of hydrogen-bond donors (Lipinski definition) is 2. The van der Waals surface area contributed by atoms with Gasteiger partial charge in [-0.05, 0) is 43.2 Å². The Morgan fingerprint density at radius 1 is 1.04 bits per heavy atom. The van der Waals surface area contributed by atoms with E-state index in [4.69, 9.17) is 11.6 Å². The number of anilines is 1. The van der Waals surface area contributed by atoms with Crippen LogP contribution in [0.5, 0.6) is 0 Å². The highest BCUT2D eigenvalue weighted by Gasteiger charge is 2.03. The molecule has 2 aromatic carbocycles. The third-order valence-electron chi connectivity index (χ3n) is 3.58. The van der Waals surface area contributed by atoms with Crippen LogP contribution in [0.3, 0.4) is 0 Å². The number of ketones is 1. The Morgan fingerprint density at radius 2 is 1.83 bits per heavy atom. The molecule has 0 heterocycles. The molecule has 24 heavy (non-hydrogen) atoms. The van der Waals surface area contributed by atoms with Crippen molar-refractivity contribution in [2.75, 3.05) is 18.4 Å². The van der Waals surface area contributed by atoms with Gasteiger partial charge in [-0.25, -0.2) is 0 Å². The van der Waals surface area contributed by atoms with Crippen LogP contribution in [0.4, 0.5) is 5.69 Å². The molecule has 0 spiro atoms. The number of benzene rings is 2. The maximum absolute atomic E-state index is 11.8. The summed E-state index contributed by atoms with van der Waals surface area (Å²) in [7, 11) is 0. The smallest absolute Gasteiger partial charge is 0.221 e. The Hall–Kier alpha value is -2.33. The van der Waals surface area contributed by atoms with Crippen molar-refractivity contribution < 1.29 is 9.59 Å². The Balaban J connectivity index is 1.68. The van der Waals surface area contributed by atoms with Gasteiger partial charge in [0, 0.05) is 35.8 Å². The minimum Gasteiger partial charge on any atom is -0.385 e. The number of carbonyl (C=O) groups is 2. The molecule has 0 radical (unpaired) electrons. The first-order valence-corrected chi connectivity index (χ1v) is 8.28. The van der Waals surface area contributed by atoms with Crippen molar-refractivity contribution in [3.05, 3.63) is 64.7 Å². The minimum atomic E-state index is -0.00718. The van der Waals surface area contributed by atoms with Crippen molar-refractivity contribution in [3.8, 4) is 0 Å². The quantitative estimate of drug-likeness (QED) is 0.718. The van der Waals surface area contributed by atoms with Crippen molar-refractivity contribution in [2.24, 2.45) is 0 Å². The first kappa shape index (κ1) is 18.0. The summed E-state index contributed by atoms with van der Waals surface area (Å²) in [6.45, 7) is 2.63. The highest BCUT2D eigenvalue weighted by atomic mass is 35.5. The largest absolute Gasteiger partial charge is 0.385 e. The van der Waals surface area contributed by atoms with Gasteiger partial charge in [-0.1, -0.05) is 35.9 Å². The molecule has 0 atom stereocenters. The van der Waals surface area contributed by atoms with Gasteiger partial charge in [0.2, 0.25) is 5.91 Å². The van der Waals surface area contributed by atoms with E-state index in [0.29, 0.717) is 30.1 Å². The van der Waals surface area contributed by atoms with Crippen LogP contribution in [0.15, 0.2) is 48.5 Å². The van der Waals surface area contributed by atoms with E-state index in [1.54, 1.807) is 12.1 Å². The van der Waals surface area contributed by atoms with Gasteiger partial charge in [0.25, 0.3) is 0 Å². The molecule has 0 aliphatic rings. The number of carbonyl (C=O) groups excluding carboxylic acids is 2. The Bertz CT molecular complexity index is 716. The summed E-state index contributed by atoms with van der Waals surface area (Å²) in [6, 6.07) is 14.9. The Kier molecular flexibility index (Phi) is 6.82. The lowest BCUT2D eigenvalue weighted by atomic mass is 10.1. The summed E-state index contributed by atoms with van der Waals surface area (Å²) in [5.74, 6) is 0.0182. The van der Waals surface area contributed by atoms with E-state index in [2.05, 4.69) is 10.6 Å². The molecule has 0 fully saturated rings. The second kappa shape index (κ2) is 9.08. The second-order valence-corrected chi connectivity index (χ2v) is 5.98. The maximum Gasteiger partial charge on any atom is 0.221 e. The van der Waals surface area contributed by atoms with Crippen molar-refractivity contribution in [1.29, 1.82) is 0 Å². The maximum atomic E-state index is 11.8. The summed E-state index contributed by atoms with van der Waals surface area (Å²) < 4.78 is 0. The molecule has 0 saturated heterocycles. The van der Waals surface area contributed by atoms with Crippen LogP contribution in [-0.4, -0.2) is 24.8 Å². The zero-order valence-electron chi connectivity index (χ0n) is 13.6. The van der Waals surface area contributed by atoms with Gasteiger partial charge in [-0.3, -0.25) is 9.59 Å². The lowest BCUT2D eigenvalue weighted by Crippen LogP contribution is -2.27. The SMILES string of the molecule is CC(=O)c1cccc(NCCC(=O)NCCc2cccc(Cl)c2)c1. The molecular formula is C19H21ClN2O2. The van der Waals surface area contributed by atoms with Gasteiger partial charge in [0.15, 0.2) is 5.78 Å². The Morgan fingerprint density at radius 3 is 2.58 bits per heavy atom. The first-order chi connectivity index (χ1) is 11.5. The molecule has 0 bridgehead atoms. The fourth-order valence-corrected chi connectivity index (χ4v) is 2.51. The average Bonchev–Trinajstić information content (AvgIpc) is 2.55. The van der Waals surface area contributed by atoms with Crippen LogP contribution in [0.1, 0.15) is 29.3 Å². The lowest BCUT2D eigenvalue weighted by molar-refractivity contribution is -0.120. The van der Waals surface area contributed by atoms with Crippen molar-refractivity contribution >= 4 is 29.0 Å². The highest BCUT2D eigenvalue weighted by Crippen LogP contribution is 2.11. The van der Waals surface area contributed by atoms with E-state index in [9.17, 15) is 9.59 Å². The number of rotatable bonds is 8. The molecule has 2 aromatic rings. The lowest BCUT2D eigenvalue weighted by Gasteiger charge is -2.08. The average molecular weight is 345 g/mol. The molecular weight excluding hydrogens is 324 g/mol. The summed E-state index contributed by atoms with van der Waals surface area (Å²) in [6.07, 6.45) is 1.13. The van der Waals surface area contributed by atoms with Crippen LogP contribution in [0, 0.1) is 0 Å². The zero-order chi connectivity index (χ0) is 17.4. The molecule has 0 aliphatic heterocycles. The third kappa shape index (κ3) is 6.05. The third-order valence-corrected chi connectivity index (χ3v) is 3.81. The summed E-state index contributed by atoms with van der Waals surface area (Å²) >= 11 is 5.93. The molecule has 1 amide bonds. The van der Waals surface area contributed by atoms with Crippen molar-refractivity contribution in [2.45, 2.75) is 19.8 Å². The van der Waals surface area contributed by atoms with Gasteiger partial charge >= 0.3 is 0 Å². The monoisotopic (exact) mass is 344 g/mol. The van der Waals surface area contributed by atoms with E-state index in [0.717, 1.165) is 17.7 Å². The number of hydrogen-bond acceptors (Lipinski definition) is 3. The van der Waals surface area contributed by atoms with E-state index in [1.807, 2.05) is 36.4 Å². The number of amides is 1. The van der Waals surface area contributed by atoms with Gasteiger partial charge in [0.1, 0.15) is 0 Å². The van der Waals surface area contributed by atoms with Gasteiger partial charge in [-0.2, -0.15) is 0 Å². The zero-order valence-corrected chi connectivity index (χ0v) is 14.4. The van der Waals surface area contributed by atoms with Crippen molar-refractivity contribution in [1.82, 2.24) is 5.32 Å². The van der Waals surface area contributed by atoms with E-state index < -0.39 is 0 Å². The fourth-order valence-electron chi connectivity index (χ4n) is 2.30. The fraction of sp³-hybridized carbons (Fsp3) is 0.263. The van der Waals surface area contributed by atoms with Crippen molar-refractivity contribution in [3.63, 3.8) is 0 Å². The van der Waals surface area contributed by atoms with Crippen LogP contribution < -0.4 is 10.6 Å². The second-order valence-electron chi connectivity index (χ2n) is 5.54. The molecule has 2 N–H and O–H groups in total. The van der Waals surface area contributed by atoms with Gasteiger partial charge in [0.05, 0.1) is 0 Å². The summed E-state index contributed by atoms with van der Waals surface area (Å²) in [5.41, 5.74) is 2.60. The predicted octanol–water partition coefficient (Wildman–Crippen LogP) is 3.70. The molecule has 5 heteroatoms. The van der Waals surface area contributed by atoms with Gasteiger partial charge < -0.3 is 10.6 Å². The normalized spacial score (nSPS) is 10.2. The molecule has 4 nitrogen and oxygen atoms in total. The molecule has 0 unspecified atom stereocenters. The molecule has 2 rings (SSSR count). The summed E-state index contributed by atoms with van der Waals surface area (Å²) in [5, 5.41) is 6.75. The number of halogens is 1. The standard InChI is InChI=1S/C19H21ClN2O2/c1-14(23)16-5-3-7-18(13-16)21-11-9-19(24)22-10-8-15-4-2-6-17(20)12-15/h2-7,12-13,21H,8-11H2,1H3,(H,22,24). The molecule has 0 saturated carbocycles. The highest BCUT2D eigenvalue weighted by molar-refractivity contribution is 6.30. The minimum absolute atomic E-state index is 0.00718. The predicted molar refractivity (Wildman–Crippen MR) is 97.7 cm³/mol. The van der Waals surface area contributed by atoms with Crippen LogP contribution in [-0.2, 0) is 11.2 Å². The first-order valence-electron chi connectivity index (χ1n) is 7.90. The summed E-state index contributed by atoms with van der Waals surface area (Å²) in [4.78, 5) is 23.2.